The number of hydrogen-bond donors (Lipinski definition) is 6. The summed E-state index contributed by atoms with van der Waals surface area (Å²) in [4.78, 5) is 0. The van der Waals surface area contributed by atoms with Crippen LogP contribution >= 0.6 is 0 Å². The molecule has 2 aromatic carbocycles. The van der Waals surface area contributed by atoms with Crippen molar-refractivity contribution in [2.45, 2.75) is 36.9 Å². The fourth-order valence-electron chi connectivity index (χ4n) is 5.09. The zero-order valence-electron chi connectivity index (χ0n) is 19.6. The summed E-state index contributed by atoms with van der Waals surface area (Å²) in [5.74, 6) is -0.436. The van der Waals surface area contributed by atoms with Crippen molar-refractivity contribution in [3.8, 4) is 23.0 Å². The molecule has 0 aromatic heterocycles. The van der Waals surface area contributed by atoms with Gasteiger partial charge in [0.1, 0.15) is 18.3 Å². The number of phenolic OH excluding ortho intramolecular Hbond substituents is 2. The molecule has 1 aliphatic heterocycles. The van der Waals surface area contributed by atoms with E-state index in [2.05, 4.69) is 0 Å². The first-order valence-corrected chi connectivity index (χ1v) is 11.4. The monoisotopic (exact) mass is 492 g/mol. The number of aliphatic hydroxyl groups excluding tert-OH is 4. The van der Waals surface area contributed by atoms with Gasteiger partial charge in [0.2, 0.25) is 0 Å². The molecule has 1 aliphatic carbocycles. The average molecular weight is 493 g/mol. The Kier molecular flexibility index (Phi) is 7.70. The maximum Gasteiger partial charge on any atom is 0.186 e. The van der Waals surface area contributed by atoms with E-state index in [1.54, 1.807) is 24.3 Å². The van der Waals surface area contributed by atoms with Gasteiger partial charge in [0, 0.05) is 12.5 Å². The second kappa shape index (κ2) is 10.6. The summed E-state index contributed by atoms with van der Waals surface area (Å²) in [6.45, 7) is -0.292. The third-order valence-corrected chi connectivity index (χ3v) is 6.99. The van der Waals surface area contributed by atoms with Gasteiger partial charge in [-0.25, -0.2) is 0 Å². The summed E-state index contributed by atoms with van der Waals surface area (Å²) < 4.78 is 21.8. The predicted octanol–water partition coefficient (Wildman–Crippen LogP) is 0.483. The molecule has 7 unspecified atom stereocenters. The Labute approximate surface area is 202 Å². The highest BCUT2D eigenvalue weighted by molar-refractivity contribution is 5.53. The van der Waals surface area contributed by atoms with Gasteiger partial charge < -0.3 is 49.6 Å². The van der Waals surface area contributed by atoms with Gasteiger partial charge in [-0.15, -0.1) is 0 Å². The summed E-state index contributed by atoms with van der Waals surface area (Å²) in [6, 6.07) is 8.34. The number of benzene rings is 2. The van der Waals surface area contributed by atoms with E-state index in [-0.39, 0.29) is 54.8 Å². The summed E-state index contributed by atoms with van der Waals surface area (Å²) in [5.41, 5.74) is 2.45. The van der Waals surface area contributed by atoms with Crippen LogP contribution in [0.3, 0.4) is 0 Å². The average Bonchev–Trinajstić information content (AvgIpc) is 2.86. The van der Waals surface area contributed by atoms with Crippen LogP contribution in [-0.2, 0) is 15.9 Å². The summed E-state index contributed by atoms with van der Waals surface area (Å²) >= 11 is 0. The number of fused-ring (bicyclic) bond motifs is 1. The Bertz CT molecular complexity index is 1030. The van der Waals surface area contributed by atoms with Crippen molar-refractivity contribution in [1.82, 2.24) is 0 Å². The lowest BCUT2D eigenvalue weighted by molar-refractivity contribution is -0.273. The van der Waals surface area contributed by atoms with Crippen molar-refractivity contribution in [3.63, 3.8) is 0 Å². The van der Waals surface area contributed by atoms with Gasteiger partial charge in [-0.2, -0.15) is 0 Å². The number of methoxy groups -OCH3 is 2. The molecule has 192 valence electrons. The van der Waals surface area contributed by atoms with Crippen molar-refractivity contribution < 1.29 is 49.6 Å². The van der Waals surface area contributed by atoms with Gasteiger partial charge in [0.15, 0.2) is 29.3 Å². The van der Waals surface area contributed by atoms with E-state index in [1.807, 2.05) is 0 Å². The highest BCUT2D eigenvalue weighted by Crippen LogP contribution is 2.48. The smallest absolute Gasteiger partial charge is 0.186 e. The largest absolute Gasteiger partial charge is 0.504 e. The number of hydrogen-bond acceptors (Lipinski definition) is 10. The van der Waals surface area contributed by atoms with Crippen LogP contribution in [0.1, 0.15) is 22.6 Å². The molecule has 1 heterocycles. The zero-order valence-corrected chi connectivity index (χ0v) is 19.6. The molecule has 10 nitrogen and oxygen atoms in total. The molecule has 4 rings (SSSR count). The maximum atomic E-state index is 10.5. The molecular weight excluding hydrogens is 460 g/mol. The Morgan fingerprint density at radius 3 is 2.34 bits per heavy atom. The van der Waals surface area contributed by atoms with Crippen LogP contribution < -0.4 is 9.47 Å². The number of phenols is 2. The molecule has 0 amide bonds. The Balaban J connectivity index is 1.69. The first kappa shape index (κ1) is 25.5. The number of rotatable bonds is 7. The SMILES string of the molecule is COc1cc(C2c3cc(O)c(OC)cc3CC(COC3OCC(O)C(O)C3O)C2CO)ccc1O. The highest BCUT2D eigenvalue weighted by atomic mass is 16.7. The van der Waals surface area contributed by atoms with Crippen LogP contribution in [0, 0.1) is 11.8 Å². The molecule has 0 saturated carbocycles. The fraction of sp³-hybridized carbons (Fsp3) is 0.520. The first-order chi connectivity index (χ1) is 16.8. The number of aliphatic hydroxyl groups is 4. The van der Waals surface area contributed by atoms with Gasteiger partial charge in [-0.1, -0.05) is 6.07 Å². The van der Waals surface area contributed by atoms with Crippen LogP contribution in [0.5, 0.6) is 23.0 Å². The predicted molar refractivity (Wildman–Crippen MR) is 123 cm³/mol. The van der Waals surface area contributed by atoms with Gasteiger partial charge in [-0.05, 0) is 59.2 Å². The maximum absolute atomic E-state index is 10.5. The van der Waals surface area contributed by atoms with Crippen LogP contribution in [0.2, 0.25) is 0 Å². The third kappa shape index (κ3) is 4.90. The quantitative estimate of drug-likeness (QED) is 0.321. The number of ether oxygens (including phenoxy) is 4. The van der Waals surface area contributed by atoms with E-state index in [9.17, 15) is 30.6 Å². The zero-order chi connectivity index (χ0) is 25.3. The minimum Gasteiger partial charge on any atom is -0.504 e. The molecule has 2 aromatic rings. The molecule has 0 spiro atoms. The fourth-order valence-corrected chi connectivity index (χ4v) is 5.09. The van der Waals surface area contributed by atoms with Crippen LogP contribution in [0.4, 0.5) is 0 Å². The lowest BCUT2D eigenvalue weighted by atomic mass is 9.67. The lowest BCUT2D eigenvalue weighted by Gasteiger charge is -2.41. The molecule has 1 fully saturated rings. The van der Waals surface area contributed by atoms with Crippen molar-refractivity contribution in [3.05, 3.63) is 47.0 Å². The minimum absolute atomic E-state index is 0.0190. The van der Waals surface area contributed by atoms with Crippen molar-refractivity contribution in [1.29, 1.82) is 0 Å². The molecule has 6 N–H and O–H groups in total. The first-order valence-electron chi connectivity index (χ1n) is 11.4. The Hall–Kier alpha value is -2.60. The molecule has 0 bridgehead atoms. The second-order valence-corrected chi connectivity index (χ2v) is 9.03. The van der Waals surface area contributed by atoms with Crippen molar-refractivity contribution in [2.24, 2.45) is 11.8 Å². The van der Waals surface area contributed by atoms with E-state index in [0.29, 0.717) is 12.2 Å². The van der Waals surface area contributed by atoms with Crippen molar-refractivity contribution >= 4 is 0 Å². The van der Waals surface area contributed by atoms with Crippen LogP contribution in [0.15, 0.2) is 30.3 Å². The van der Waals surface area contributed by atoms with Gasteiger partial charge in [0.05, 0.1) is 27.4 Å². The lowest BCUT2D eigenvalue weighted by Crippen LogP contribution is -2.54. The molecule has 35 heavy (non-hydrogen) atoms. The molecule has 2 aliphatic rings. The standard InChI is InChI=1S/C25H32O10/c1-32-20-6-12(3-4-17(20)27)22-15-8-18(28)21(33-2)7-13(15)5-14(16(22)9-26)10-34-25-24(31)23(30)19(29)11-35-25/h3-4,6-8,14,16,19,22-31H,5,9-11H2,1-2H3. The Morgan fingerprint density at radius 2 is 1.66 bits per heavy atom. The van der Waals surface area contributed by atoms with Gasteiger partial charge in [-0.3, -0.25) is 0 Å². The third-order valence-electron chi connectivity index (χ3n) is 6.99. The molecule has 1 saturated heterocycles. The van der Waals surface area contributed by atoms with E-state index in [4.69, 9.17) is 18.9 Å². The van der Waals surface area contributed by atoms with E-state index < -0.39 is 24.6 Å². The molecular formula is C25H32O10. The van der Waals surface area contributed by atoms with Gasteiger partial charge in [0.25, 0.3) is 0 Å². The molecule has 0 radical (unpaired) electrons. The minimum atomic E-state index is -1.42. The van der Waals surface area contributed by atoms with Crippen LogP contribution in [0.25, 0.3) is 0 Å². The highest BCUT2D eigenvalue weighted by Gasteiger charge is 2.42. The van der Waals surface area contributed by atoms with Crippen LogP contribution in [-0.4, -0.2) is 89.3 Å². The normalized spacial score (nSPS) is 30.5. The Morgan fingerprint density at radius 1 is 0.943 bits per heavy atom. The molecule has 7 atom stereocenters. The topological polar surface area (TPSA) is 158 Å². The van der Waals surface area contributed by atoms with E-state index in [1.165, 1.54) is 20.3 Å². The second-order valence-electron chi connectivity index (χ2n) is 9.03. The number of aromatic hydroxyl groups is 2. The summed E-state index contributed by atoms with van der Waals surface area (Å²) in [7, 11) is 2.91. The van der Waals surface area contributed by atoms with E-state index >= 15 is 0 Å². The van der Waals surface area contributed by atoms with Crippen molar-refractivity contribution in [2.75, 3.05) is 34.0 Å². The summed E-state index contributed by atoms with van der Waals surface area (Å²) in [6.07, 6.45) is -4.66. The molecule has 10 heteroatoms. The van der Waals surface area contributed by atoms with E-state index in [0.717, 1.165) is 16.7 Å². The summed E-state index contributed by atoms with van der Waals surface area (Å²) in [5, 5.41) is 60.9. The van der Waals surface area contributed by atoms with Gasteiger partial charge >= 0.3 is 0 Å².